The third-order valence-corrected chi connectivity index (χ3v) is 8.59. The Kier molecular flexibility index (Phi) is 7.15. The molecular formula is C27H28F3N7O3S. The molecule has 3 N–H and O–H groups in total. The van der Waals surface area contributed by atoms with Crippen molar-refractivity contribution in [2.24, 2.45) is 0 Å². The number of benzene rings is 2. The molecule has 1 unspecified atom stereocenters. The molecule has 1 atom stereocenters. The van der Waals surface area contributed by atoms with E-state index < -0.39 is 26.7 Å². The predicted molar refractivity (Wildman–Crippen MR) is 148 cm³/mol. The van der Waals surface area contributed by atoms with Crippen LogP contribution >= 0.6 is 0 Å². The molecule has 1 saturated heterocycles. The normalized spacial score (nSPS) is 16.1. The summed E-state index contributed by atoms with van der Waals surface area (Å²) in [5, 5.41) is 4.30. The average molecular weight is 588 g/mol. The monoisotopic (exact) mass is 587 g/mol. The lowest BCUT2D eigenvalue weighted by molar-refractivity contribution is -0.137. The SMILES string of the molecule is Cc1cc(NS(=O)(=O)c2cccc(C(F)(F)F)c2)ccc1-c1cnc2c(C(=O)N3CCC(N(C)C)C3)cnn2c1N. The van der Waals surface area contributed by atoms with Crippen LogP contribution in [0.1, 0.15) is 27.9 Å². The summed E-state index contributed by atoms with van der Waals surface area (Å²) in [6, 6.07) is 8.44. The largest absolute Gasteiger partial charge is 0.416 e. The number of carbonyl (C=O) groups is 1. The van der Waals surface area contributed by atoms with Gasteiger partial charge in [-0.05, 0) is 68.9 Å². The lowest BCUT2D eigenvalue weighted by atomic mass is 10.0. The summed E-state index contributed by atoms with van der Waals surface area (Å²) >= 11 is 0. The van der Waals surface area contributed by atoms with Crippen LogP contribution < -0.4 is 10.5 Å². The van der Waals surface area contributed by atoms with Gasteiger partial charge in [-0.2, -0.15) is 22.8 Å². The van der Waals surface area contributed by atoms with E-state index in [0.29, 0.717) is 47.1 Å². The van der Waals surface area contributed by atoms with Gasteiger partial charge in [0.25, 0.3) is 15.9 Å². The molecule has 0 bridgehead atoms. The number of fused-ring (bicyclic) bond motifs is 1. The van der Waals surface area contributed by atoms with Gasteiger partial charge in [-0.1, -0.05) is 12.1 Å². The number of anilines is 2. The molecule has 10 nitrogen and oxygen atoms in total. The van der Waals surface area contributed by atoms with Crippen LogP contribution in [0.15, 0.2) is 59.8 Å². The van der Waals surface area contributed by atoms with Crippen LogP contribution in [0, 0.1) is 6.92 Å². The third kappa shape index (κ3) is 5.44. The highest BCUT2D eigenvalue weighted by Gasteiger charge is 2.32. The second kappa shape index (κ2) is 10.3. The van der Waals surface area contributed by atoms with Crippen molar-refractivity contribution in [2.75, 3.05) is 37.6 Å². The second-order valence-corrected chi connectivity index (χ2v) is 11.9. The zero-order chi connectivity index (χ0) is 29.7. The van der Waals surface area contributed by atoms with Gasteiger partial charge in [0, 0.05) is 36.6 Å². The minimum Gasteiger partial charge on any atom is -0.383 e. The number of nitrogens with one attached hydrogen (secondary N) is 1. The van der Waals surface area contributed by atoms with Crippen LogP contribution in [0.2, 0.25) is 0 Å². The van der Waals surface area contributed by atoms with Crippen molar-refractivity contribution in [3.63, 3.8) is 0 Å². The number of halogens is 3. The lowest BCUT2D eigenvalue weighted by Crippen LogP contribution is -2.34. The maximum absolute atomic E-state index is 13.2. The van der Waals surface area contributed by atoms with Gasteiger partial charge in [-0.25, -0.2) is 13.4 Å². The number of aryl methyl sites for hydroxylation is 1. The Balaban J connectivity index is 1.40. The fourth-order valence-electron chi connectivity index (χ4n) is 4.91. The number of rotatable bonds is 6. The Morgan fingerprint density at radius 2 is 1.88 bits per heavy atom. The van der Waals surface area contributed by atoms with E-state index in [1.165, 1.54) is 29.0 Å². The van der Waals surface area contributed by atoms with Crippen LogP contribution in [0.25, 0.3) is 16.8 Å². The van der Waals surface area contributed by atoms with E-state index in [1.807, 2.05) is 14.1 Å². The molecule has 1 fully saturated rings. The van der Waals surface area contributed by atoms with E-state index >= 15 is 0 Å². The first-order valence-electron chi connectivity index (χ1n) is 12.7. The molecule has 2 aromatic heterocycles. The maximum atomic E-state index is 13.2. The Hall–Kier alpha value is -4.17. The molecule has 14 heteroatoms. The predicted octanol–water partition coefficient (Wildman–Crippen LogP) is 3.88. The number of nitrogen functional groups attached to an aromatic ring is 1. The minimum absolute atomic E-state index is 0.157. The van der Waals surface area contributed by atoms with Crippen LogP contribution in [-0.2, 0) is 16.2 Å². The summed E-state index contributed by atoms with van der Waals surface area (Å²) in [6.45, 7) is 2.98. The van der Waals surface area contributed by atoms with Gasteiger partial charge < -0.3 is 15.5 Å². The number of nitrogens with zero attached hydrogens (tertiary/aromatic N) is 5. The van der Waals surface area contributed by atoms with Crippen molar-refractivity contribution in [3.8, 4) is 11.1 Å². The zero-order valence-electron chi connectivity index (χ0n) is 22.5. The Morgan fingerprint density at radius 1 is 1.12 bits per heavy atom. The smallest absolute Gasteiger partial charge is 0.383 e. The highest BCUT2D eigenvalue weighted by atomic mass is 32.2. The first kappa shape index (κ1) is 28.4. The fourth-order valence-corrected chi connectivity index (χ4v) is 6.00. The molecular weight excluding hydrogens is 559 g/mol. The van der Waals surface area contributed by atoms with Gasteiger partial charge in [0.15, 0.2) is 5.65 Å². The molecule has 41 heavy (non-hydrogen) atoms. The van der Waals surface area contributed by atoms with Crippen LogP contribution in [-0.4, -0.2) is 71.9 Å². The van der Waals surface area contributed by atoms with Gasteiger partial charge in [0.1, 0.15) is 11.4 Å². The molecule has 1 amide bonds. The van der Waals surface area contributed by atoms with E-state index in [4.69, 9.17) is 5.73 Å². The van der Waals surface area contributed by atoms with Crippen LogP contribution in [0.5, 0.6) is 0 Å². The molecule has 0 spiro atoms. The number of hydrogen-bond acceptors (Lipinski definition) is 7. The molecule has 5 rings (SSSR count). The third-order valence-electron chi connectivity index (χ3n) is 7.22. The van der Waals surface area contributed by atoms with E-state index in [0.717, 1.165) is 24.6 Å². The van der Waals surface area contributed by atoms with Crippen LogP contribution in [0.4, 0.5) is 24.7 Å². The zero-order valence-corrected chi connectivity index (χ0v) is 23.3. The van der Waals surface area contributed by atoms with Crippen molar-refractivity contribution in [3.05, 3.63) is 71.5 Å². The highest BCUT2D eigenvalue weighted by molar-refractivity contribution is 7.92. The molecule has 1 aliphatic heterocycles. The summed E-state index contributed by atoms with van der Waals surface area (Å²) < 4.78 is 68.5. The number of alkyl halides is 3. The van der Waals surface area contributed by atoms with E-state index in [-0.39, 0.29) is 23.5 Å². The summed E-state index contributed by atoms with van der Waals surface area (Å²) in [6.07, 6.45) is -0.815. The molecule has 0 saturated carbocycles. The number of nitrogens with two attached hydrogens (primary N) is 1. The molecule has 216 valence electrons. The van der Waals surface area contributed by atoms with Crippen LogP contribution in [0.3, 0.4) is 0 Å². The molecule has 2 aromatic carbocycles. The van der Waals surface area contributed by atoms with Gasteiger partial charge in [-0.15, -0.1) is 0 Å². The molecule has 0 radical (unpaired) electrons. The van der Waals surface area contributed by atoms with E-state index in [9.17, 15) is 26.4 Å². The number of likely N-dealkylation sites (N-methyl/N-ethyl adjacent to an activating group) is 1. The first-order valence-corrected chi connectivity index (χ1v) is 14.1. The number of amides is 1. The number of carbonyl (C=O) groups excluding carboxylic acids is 1. The summed E-state index contributed by atoms with van der Waals surface area (Å²) in [4.78, 5) is 21.0. The lowest BCUT2D eigenvalue weighted by Gasteiger charge is -2.20. The quantitative estimate of drug-likeness (QED) is 0.351. The Bertz CT molecular complexity index is 1750. The topological polar surface area (TPSA) is 126 Å². The second-order valence-electron chi connectivity index (χ2n) is 10.2. The number of sulfonamides is 1. The Morgan fingerprint density at radius 3 is 2.54 bits per heavy atom. The Labute approximate surface area is 234 Å². The summed E-state index contributed by atoms with van der Waals surface area (Å²) in [5.41, 5.74) is 7.98. The van der Waals surface area contributed by atoms with Crippen molar-refractivity contribution in [1.29, 1.82) is 0 Å². The van der Waals surface area contributed by atoms with E-state index in [2.05, 4.69) is 19.7 Å². The van der Waals surface area contributed by atoms with Crippen molar-refractivity contribution >= 4 is 33.1 Å². The van der Waals surface area contributed by atoms with Gasteiger partial charge in [-0.3, -0.25) is 9.52 Å². The van der Waals surface area contributed by atoms with Gasteiger partial charge >= 0.3 is 6.18 Å². The van der Waals surface area contributed by atoms with Crippen molar-refractivity contribution in [2.45, 2.75) is 30.5 Å². The standard InChI is InChI=1S/C27H28F3N7O3S/c1-16-11-18(34-41(39,40)20-6-4-5-17(12-20)27(28,29)30)7-8-21(16)22-13-32-25-23(14-33-37(25)24(22)31)26(38)36-10-9-19(15-36)35(2)3/h4-8,11-14,19,34H,9-10,15,31H2,1-3H3. The maximum Gasteiger partial charge on any atom is 0.416 e. The van der Waals surface area contributed by atoms with Crippen molar-refractivity contribution < 1.29 is 26.4 Å². The molecule has 3 heterocycles. The molecule has 1 aliphatic rings. The number of likely N-dealkylation sites (tertiary alicyclic amines) is 1. The molecule has 0 aliphatic carbocycles. The van der Waals surface area contributed by atoms with Gasteiger partial charge in [0.2, 0.25) is 0 Å². The number of aromatic nitrogens is 3. The average Bonchev–Trinajstić information content (AvgIpc) is 3.57. The highest BCUT2D eigenvalue weighted by Crippen LogP contribution is 2.33. The fraction of sp³-hybridized carbons (Fsp3) is 0.296. The first-order chi connectivity index (χ1) is 19.3. The summed E-state index contributed by atoms with van der Waals surface area (Å²) in [7, 11) is -0.320. The minimum atomic E-state index is -4.68. The van der Waals surface area contributed by atoms with E-state index in [1.54, 1.807) is 17.9 Å². The number of hydrogen-bond donors (Lipinski definition) is 2. The molecule has 4 aromatic rings. The van der Waals surface area contributed by atoms with Gasteiger partial charge in [0.05, 0.1) is 16.7 Å². The summed E-state index contributed by atoms with van der Waals surface area (Å²) in [5.74, 6) is 0.0691. The van der Waals surface area contributed by atoms with Crippen molar-refractivity contribution in [1.82, 2.24) is 24.4 Å².